The molecule has 35 heavy (non-hydrogen) atoms. The maximum absolute atomic E-state index is 12.0. The number of carboxylic acid groups (broad SMARTS) is 2. The molecule has 0 saturated heterocycles. The number of carboxylic acids is 2. The first-order valence-corrected chi connectivity index (χ1v) is 10.1. The van der Waals surface area contributed by atoms with Crippen molar-refractivity contribution < 1.29 is 48.6 Å². The molecule has 0 heterocycles. The van der Waals surface area contributed by atoms with E-state index in [9.17, 15) is 38.4 Å². The van der Waals surface area contributed by atoms with Gasteiger partial charge >= 0.3 is 11.9 Å². The Kier molecular flexibility index (Phi) is 13.6. The van der Waals surface area contributed by atoms with E-state index in [2.05, 4.69) is 31.9 Å². The first-order chi connectivity index (χ1) is 16.2. The number of carbonyl (C=O) groups is 8. The second-order valence-electron chi connectivity index (χ2n) is 7.11. The number of hydrogen-bond donors (Lipinski definition) is 9. The Morgan fingerprint density at radius 3 is 1.46 bits per heavy atom. The molecule has 0 rings (SSSR count). The number of nitrogens with one attached hydrogen (secondary N) is 6. The van der Waals surface area contributed by atoms with Crippen LogP contribution in [0, 0.1) is 0 Å². The maximum atomic E-state index is 12.0. The average molecular weight is 503 g/mol. The smallest absolute Gasteiger partial charge is 0.325 e. The fourth-order valence-electron chi connectivity index (χ4n) is 2.09. The molecule has 0 aliphatic carbocycles. The lowest BCUT2D eigenvalue weighted by atomic mass is 10.2. The van der Waals surface area contributed by atoms with Crippen LogP contribution in [0.15, 0.2) is 0 Å². The molecule has 0 saturated carbocycles. The molecule has 0 aromatic carbocycles. The van der Waals surface area contributed by atoms with Crippen LogP contribution in [0.5, 0.6) is 0 Å². The zero-order chi connectivity index (χ0) is 27.1. The van der Waals surface area contributed by atoms with E-state index >= 15 is 0 Å². The standard InChI is InChI=1S/C18H29N7O10/c1-8(16(32)22-4-11(26)21-7-14(29)25-9(2)18(34)35)24-13(28)6-20-12(27)5-23-17(33)10(19)3-15(30)31/h8-10H,3-7,19H2,1-2H3,(H,20,27)(H,21,26)(H,22,32)(H,23,33)(H,24,28)(H,25,29)(H,30,31)(H,34,35)/t8-,9-,10-/m0/s1. The number of rotatable bonds is 15. The van der Waals surface area contributed by atoms with Crippen LogP contribution in [0.2, 0.25) is 0 Å². The van der Waals surface area contributed by atoms with Gasteiger partial charge in [-0.1, -0.05) is 0 Å². The van der Waals surface area contributed by atoms with Crippen LogP contribution in [-0.4, -0.2) is 102 Å². The Hall–Kier alpha value is -4.28. The fourth-order valence-corrected chi connectivity index (χ4v) is 2.09. The molecule has 0 aromatic rings. The highest BCUT2D eigenvalue weighted by Gasteiger charge is 2.19. The Bertz CT molecular complexity index is 847. The van der Waals surface area contributed by atoms with Crippen molar-refractivity contribution in [1.82, 2.24) is 31.9 Å². The number of hydrogen-bond acceptors (Lipinski definition) is 9. The monoisotopic (exact) mass is 503 g/mol. The third-order valence-electron chi connectivity index (χ3n) is 3.99. The fraction of sp³-hybridized carbons (Fsp3) is 0.556. The molecule has 0 aliphatic rings. The lowest BCUT2D eigenvalue weighted by molar-refractivity contribution is -0.141. The summed E-state index contributed by atoms with van der Waals surface area (Å²) in [5, 5.41) is 30.3. The molecule has 0 aromatic heterocycles. The SMILES string of the molecule is C[C@H](NC(=O)CNC(=O)CNC(=O)[C@H](C)NC(=O)CNC(=O)CNC(=O)[C@@H](N)CC(=O)O)C(=O)O. The predicted molar refractivity (Wildman–Crippen MR) is 115 cm³/mol. The third-order valence-corrected chi connectivity index (χ3v) is 3.99. The highest BCUT2D eigenvalue weighted by molar-refractivity contribution is 5.94. The van der Waals surface area contributed by atoms with Crippen molar-refractivity contribution in [2.45, 2.75) is 38.4 Å². The van der Waals surface area contributed by atoms with Gasteiger partial charge in [-0.2, -0.15) is 0 Å². The second kappa shape index (κ2) is 15.5. The van der Waals surface area contributed by atoms with Crippen molar-refractivity contribution in [3.63, 3.8) is 0 Å². The van der Waals surface area contributed by atoms with Gasteiger partial charge in [0.15, 0.2) is 0 Å². The third kappa shape index (κ3) is 14.5. The zero-order valence-corrected chi connectivity index (χ0v) is 19.0. The molecular formula is C18H29N7O10. The first kappa shape index (κ1) is 30.7. The molecule has 196 valence electrons. The van der Waals surface area contributed by atoms with E-state index < -0.39 is 98.1 Å². The van der Waals surface area contributed by atoms with Gasteiger partial charge in [-0.3, -0.25) is 38.4 Å². The van der Waals surface area contributed by atoms with Crippen LogP contribution >= 0.6 is 0 Å². The highest BCUT2D eigenvalue weighted by atomic mass is 16.4. The van der Waals surface area contributed by atoms with E-state index in [0.29, 0.717) is 0 Å². The van der Waals surface area contributed by atoms with Gasteiger partial charge in [-0.15, -0.1) is 0 Å². The number of carbonyl (C=O) groups excluding carboxylic acids is 6. The van der Waals surface area contributed by atoms with Gasteiger partial charge in [0.1, 0.15) is 12.1 Å². The molecule has 0 fully saturated rings. The van der Waals surface area contributed by atoms with Crippen molar-refractivity contribution >= 4 is 47.4 Å². The van der Waals surface area contributed by atoms with Gasteiger partial charge in [-0.05, 0) is 13.8 Å². The van der Waals surface area contributed by atoms with Crippen LogP contribution in [0.1, 0.15) is 20.3 Å². The summed E-state index contributed by atoms with van der Waals surface area (Å²) in [4.78, 5) is 91.2. The Labute approximate surface area is 198 Å². The molecule has 17 heteroatoms. The highest BCUT2D eigenvalue weighted by Crippen LogP contribution is 1.88. The van der Waals surface area contributed by atoms with E-state index in [0.717, 1.165) is 0 Å². The van der Waals surface area contributed by atoms with Gasteiger partial charge in [0.25, 0.3) is 0 Å². The molecule has 0 unspecified atom stereocenters. The summed E-state index contributed by atoms with van der Waals surface area (Å²) in [6.07, 6.45) is -0.626. The lowest BCUT2D eigenvalue weighted by Crippen LogP contribution is -2.51. The quantitative estimate of drug-likeness (QED) is 0.101. The molecule has 10 N–H and O–H groups in total. The predicted octanol–water partition coefficient (Wildman–Crippen LogP) is -5.65. The first-order valence-electron chi connectivity index (χ1n) is 10.1. The van der Waals surface area contributed by atoms with Crippen LogP contribution in [0.3, 0.4) is 0 Å². The van der Waals surface area contributed by atoms with Gasteiger partial charge < -0.3 is 47.8 Å². The minimum atomic E-state index is -1.34. The van der Waals surface area contributed by atoms with Crippen molar-refractivity contribution in [3.05, 3.63) is 0 Å². The summed E-state index contributed by atoms with van der Waals surface area (Å²) in [6, 6.07) is -3.59. The summed E-state index contributed by atoms with van der Waals surface area (Å²) in [6.45, 7) is 0.404. The minimum absolute atomic E-state index is 0.510. The summed E-state index contributed by atoms with van der Waals surface area (Å²) in [7, 11) is 0. The number of amides is 6. The van der Waals surface area contributed by atoms with E-state index in [1.54, 1.807) is 0 Å². The molecule has 3 atom stereocenters. The van der Waals surface area contributed by atoms with Crippen molar-refractivity contribution in [1.29, 1.82) is 0 Å². The molecule has 0 spiro atoms. The Morgan fingerprint density at radius 1 is 0.629 bits per heavy atom. The molecule has 0 aliphatic heterocycles. The van der Waals surface area contributed by atoms with Crippen LogP contribution in [0.4, 0.5) is 0 Å². The van der Waals surface area contributed by atoms with Crippen LogP contribution in [-0.2, 0) is 38.4 Å². The molecule has 0 bridgehead atoms. The van der Waals surface area contributed by atoms with Crippen LogP contribution in [0.25, 0.3) is 0 Å². The average Bonchev–Trinajstić information content (AvgIpc) is 2.77. The molecule has 6 amide bonds. The zero-order valence-electron chi connectivity index (χ0n) is 19.0. The molecular weight excluding hydrogens is 474 g/mol. The lowest BCUT2D eigenvalue weighted by Gasteiger charge is -2.15. The summed E-state index contributed by atoms with van der Waals surface area (Å²) in [5.74, 6) is -7.17. The Balaban J connectivity index is 4.18. The molecule has 0 radical (unpaired) electrons. The number of nitrogens with two attached hydrogens (primary N) is 1. The largest absolute Gasteiger partial charge is 0.481 e. The van der Waals surface area contributed by atoms with E-state index in [1.165, 1.54) is 13.8 Å². The van der Waals surface area contributed by atoms with Gasteiger partial charge in [0.05, 0.1) is 38.6 Å². The maximum Gasteiger partial charge on any atom is 0.325 e. The minimum Gasteiger partial charge on any atom is -0.481 e. The summed E-state index contributed by atoms with van der Waals surface area (Å²) in [5.41, 5.74) is 5.32. The van der Waals surface area contributed by atoms with Gasteiger partial charge in [0.2, 0.25) is 35.4 Å². The van der Waals surface area contributed by atoms with Crippen molar-refractivity contribution in [2.24, 2.45) is 5.73 Å². The Morgan fingerprint density at radius 2 is 1.03 bits per heavy atom. The number of aliphatic carboxylic acids is 2. The normalized spacial score (nSPS) is 12.7. The van der Waals surface area contributed by atoms with Crippen molar-refractivity contribution in [3.8, 4) is 0 Å². The van der Waals surface area contributed by atoms with Crippen molar-refractivity contribution in [2.75, 3.05) is 26.2 Å². The van der Waals surface area contributed by atoms with E-state index in [1.807, 2.05) is 0 Å². The van der Waals surface area contributed by atoms with Gasteiger partial charge in [0, 0.05) is 0 Å². The molecule has 17 nitrogen and oxygen atoms in total. The van der Waals surface area contributed by atoms with Gasteiger partial charge in [-0.25, -0.2) is 0 Å². The van der Waals surface area contributed by atoms with Crippen LogP contribution < -0.4 is 37.6 Å². The van der Waals surface area contributed by atoms with E-state index in [-0.39, 0.29) is 0 Å². The summed E-state index contributed by atoms with van der Waals surface area (Å²) >= 11 is 0. The topological polar surface area (TPSA) is 275 Å². The second-order valence-corrected chi connectivity index (χ2v) is 7.11. The summed E-state index contributed by atoms with van der Waals surface area (Å²) < 4.78 is 0. The van der Waals surface area contributed by atoms with E-state index in [4.69, 9.17) is 15.9 Å².